The van der Waals surface area contributed by atoms with Crippen molar-refractivity contribution in [3.05, 3.63) is 28.0 Å². The number of hydrogen-bond acceptors (Lipinski definition) is 4. The second-order valence-electron chi connectivity index (χ2n) is 5.43. The molecule has 1 fully saturated rings. The topological polar surface area (TPSA) is 64.9 Å². The van der Waals surface area contributed by atoms with E-state index in [2.05, 4.69) is 17.1 Å². The van der Waals surface area contributed by atoms with Crippen LogP contribution in [0.3, 0.4) is 0 Å². The maximum Gasteiger partial charge on any atom is 0.258 e. The first-order chi connectivity index (χ1) is 9.54. The summed E-state index contributed by atoms with van der Waals surface area (Å²) in [5.74, 6) is 2.32. The van der Waals surface area contributed by atoms with Gasteiger partial charge in [0.25, 0.3) is 5.89 Å². The van der Waals surface area contributed by atoms with Crippen molar-refractivity contribution in [2.45, 2.75) is 32.1 Å². The van der Waals surface area contributed by atoms with Gasteiger partial charge in [-0.25, -0.2) is 0 Å². The molecule has 1 heterocycles. The van der Waals surface area contributed by atoms with Crippen LogP contribution in [-0.4, -0.2) is 10.1 Å². The zero-order valence-corrected chi connectivity index (χ0v) is 12.6. The van der Waals surface area contributed by atoms with Crippen molar-refractivity contribution < 1.29 is 4.52 Å². The molecule has 2 N–H and O–H groups in total. The first-order valence-electron chi connectivity index (χ1n) is 6.63. The molecule has 6 heteroatoms. The average molecular weight is 312 g/mol. The molecule has 0 saturated heterocycles. The van der Waals surface area contributed by atoms with Gasteiger partial charge < -0.3 is 10.3 Å². The molecule has 1 aliphatic carbocycles. The van der Waals surface area contributed by atoms with E-state index in [0.717, 1.165) is 24.6 Å². The molecule has 0 amide bonds. The van der Waals surface area contributed by atoms with E-state index in [1.54, 1.807) is 12.1 Å². The average Bonchev–Trinajstić information content (AvgIpc) is 3.03. The largest absolute Gasteiger partial charge is 0.396 e. The predicted octanol–water partition coefficient (Wildman–Crippen LogP) is 4.53. The second kappa shape index (κ2) is 5.26. The molecule has 20 heavy (non-hydrogen) atoms. The van der Waals surface area contributed by atoms with Gasteiger partial charge in [0.15, 0.2) is 5.82 Å². The Kier molecular flexibility index (Phi) is 3.61. The quantitative estimate of drug-likeness (QED) is 0.827. The number of rotatable bonds is 2. The van der Waals surface area contributed by atoms with Gasteiger partial charge in [0, 0.05) is 11.5 Å². The molecule has 2 atom stereocenters. The van der Waals surface area contributed by atoms with Crippen LogP contribution in [-0.2, 0) is 0 Å². The highest BCUT2D eigenvalue weighted by atomic mass is 35.5. The van der Waals surface area contributed by atoms with E-state index >= 15 is 0 Å². The number of benzene rings is 1. The molecule has 1 saturated carbocycles. The van der Waals surface area contributed by atoms with Gasteiger partial charge in [-0.3, -0.25) is 0 Å². The van der Waals surface area contributed by atoms with E-state index in [4.69, 9.17) is 33.5 Å². The molecule has 1 aromatic heterocycles. The van der Waals surface area contributed by atoms with Crippen LogP contribution >= 0.6 is 23.2 Å². The number of aromatic nitrogens is 2. The van der Waals surface area contributed by atoms with Gasteiger partial charge in [0.05, 0.1) is 15.7 Å². The summed E-state index contributed by atoms with van der Waals surface area (Å²) in [5, 5.41) is 4.87. The van der Waals surface area contributed by atoms with E-state index in [-0.39, 0.29) is 0 Å². The van der Waals surface area contributed by atoms with E-state index in [1.807, 2.05) is 0 Å². The molecule has 1 aromatic carbocycles. The van der Waals surface area contributed by atoms with Crippen LogP contribution in [0, 0.1) is 5.92 Å². The van der Waals surface area contributed by atoms with E-state index in [1.165, 1.54) is 6.42 Å². The maximum atomic E-state index is 6.02. The highest BCUT2D eigenvalue weighted by Crippen LogP contribution is 2.38. The van der Waals surface area contributed by atoms with Crippen LogP contribution in [0.5, 0.6) is 0 Å². The lowest BCUT2D eigenvalue weighted by Crippen LogP contribution is -1.96. The SMILES string of the molecule is CC1CCC(c2noc(-c3cc(Cl)c(N)c(Cl)c3)n2)C1. The predicted molar refractivity (Wildman–Crippen MR) is 79.9 cm³/mol. The van der Waals surface area contributed by atoms with Crippen LogP contribution in [0.2, 0.25) is 10.0 Å². The summed E-state index contributed by atoms with van der Waals surface area (Å²) in [6.07, 6.45) is 3.44. The van der Waals surface area contributed by atoms with E-state index in [0.29, 0.717) is 33.1 Å². The number of nitrogens with two attached hydrogens (primary N) is 1. The number of halogens is 2. The van der Waals surface area contributed by atoms with Crippen molar-refractivity contribution in [1.29, 1.82) is 0 Å². The Labute approximate surface area is 127 Å². The molecule has 0 aliphatic heterocycles. The van der Waals surface area contributed by atoms with Crippen molar-refractivity contribution in [2.24, 2.45) is 5.92 Å². The summed E-state index contributed by atoms with van der Waals surface area (Å²) >= 11 is 12.0. The fraction of sp³-hybridized carbons (Fsp3) is 0.429. The Hall–Kier alpha value is -1.26. The van der Waals surface area contributed by atoms with Crippen LogP contribution in [0.15, 0.2) is 16.7 Å². The summed E-state index contributed by atoms with van der Waals surface area (Å²) in [6.45, 7) is 2.25. The van der Waals surface area contributed by atoms with Gasteiger partial charge in [-0.05, 0) is 37.3 Å². The van der Waals surface area contributed by atoms with Gasteiger partial charge >= 0.3 is 0 Å². The Balaban J connectivity index is 1.90. The van der Waals surface area contributed by atoms with E-state index < -0.39 is 0 Å². The summed E-state index contributed by atoms with van der Waals surface area (Å²) in [5.41, 5.74) is 6.77. The number of nitrogens with zero attached hydrogens (tertiary/aromatic N) is 2. The van der Waals surface area contributed by atoms with Gasteiger partial charge in [-0.1, -0.05) is 35.3 Å². The van der Waals surface area contributed by atoms with Crippen molar-refractivity contribution in [3.8, 4) is 11.5 Å². The fourth-order valence-electron chi connectivity index (χ4n) is 2.67. The van der Waals surface area contributed by atoms with Crippen LogP contribution < -0.4 is 5.73 Å². The summed E-state index contributed by atoms with van der Waals surface area (Å²) in [6, 6.07) is 3.38. The normalized spacial score (nSPS) is 22.4. The van der Waals surface area contributed by atoms with Crippen LogP contribution in [0.4, 0.5) is 5.69 Å². The molecule has 4 nitrogen and oxygen atoms in total. The monoisotopic (exact) mass is 311 g/mol. The van der Waals surface area contributed by atoms with Gasteiger partial charge in [0.1, 0.15) is 0 Å². The van der Waals surface area contributed by atoms with Gasteiger partial charge in [0.2, 0.25) is 0 Å². The highest BCUT2D eigenvalue weighted by molar-refractivity contribution is 6.39. The molecule has 0 spiro atoms. The molecular weight excluding hydrogens is 297 g/mol. The summed E-state index contributed by atoms with van der Waals surface area (Å²) in [4.78, 5) is 4.47. The van der Waals surface area contributed by atoms with Crippen molar-refractivity contribution >= 4 is 28.9 Å². The molecule has 2 aromatic rings. The zero-order valence-electron chi connectivity index (χ0n) is 11.1. The van der Waals surface area contributed by atoms with Crippen LogP contribution in [0.1, 0.15) is 37.9 Å². The number of anilines is 1. The Morgan fingerprint density at radius 3 is 2.55 bits per heavy atom. The fourth-order valence-corrected chi connectivity index (χ4v) is 3.15. The highest BCUT2D eigenvalue weighted by Gasteiger charge is 2.27. The Bertz CT molecular complexity index is 618. The standard InChI is InChI=1S/C14H15Cl2N3O/c1-7-2-3-8(4-7)13-18-14(20-19-13)9-5-10(15)12(17)11(16)6-9/h5-8H,2-4,17H2,1H3. The molecular formula is C14H15Cl2N3O. The molecule has 1 aliphatic rings. The lowest BCUT2D eigenvalue weighted by molar-refractivity contribution is 0.414. The van der Waals surface area contributed by atoms with Gasteiger partial charge in [-0.2, -0.15) is 4.98 Å². The van der Waals surface area contributed by atoms with Gasteiger partial charge in [-0.15, -0.1) is 0 Å². The first kappa shape index (κ1) is 13.7. The van der Waals surface area contributed by atoms with Crippen molar-refractivity contribution in [2.75, 3.05) is 5.73 Å². The Morgan fingerprint density at radius 1 is 1.25 bits per heavy atom. The Morgan fingerprint density at radius 2 is 1.95 bits per heavy atom. The molecule has 3 rings (SSSR count). The van der Waals surface area contributed by atoms with Crippen molar-refractivity contribution in [1.82, 2.24) is 10.1 Å². The summed E-state index contributed by atoms with van der Waals surface area (Å²) in [7, 11) is 0. The number of nitrogen functional groups attached to an aromatic ring is 1. The van der Waals surface area contributed by atoms with Crippen LogP contribution in [0.25, 0.3) is 11.5 Å². The second-order valence-corrected chi connectivity index (χ2v) is 6.24. The van der Waals surface area contributed by atoms with E-state index in [9.17, 15) is 0 Å². The molecule has 2 unspecified atom stereocenters. The summed E-state index contributed by atoms with van der Waals surface area (Å²) < 4.78 is 5.33. The smallest absolute Gasteiger partial charge is 0.258 e. The molecule has 0 bridgehead atoms. The maximum absolute atomic E-state index is 6.02. The minimum Gasteiger partial charge on any atom is -0.396 e. The molecule has 106 valence electrons. The minimum absolute atomic E-state index is 0.362. The lowest BCUT2D eigenvalue weighted by atomic mass is 10.1. The third kappa shape index (κ3) is 2.50. The minimum atomic E-state index is 0.362. The molecule has 0 radical (unpaired) electrons. The lowest BCUT2D eigenvalue weighted by Gasteiger charge is -2.03. The van der Waals surface area contributed by atoms with Crippen molar-refractivity contribution in [3.63, 3.8) is 0 Å². The third-order valence-electron chi connectivity index (χ3n) is 3.83. The first-order valence-corrected chi connectivity index (χ1v) is 7.38. The third-order valence-corrected chi connectivity index (χ3v) is 4.45. The number of hydrogen-bond donors (Lipinski definition) is 1. The zero-order chi connectivity index (χ0) is 14.3.